The maximum absolute atomic E-state index is 4.77. The van der Waals surface area contributed by atoms with Crippen molar-refractivity contribution < 1.29 is 0 Å². The van der Waals surface area contributed by atoms with Gasteiger partial charge in [0, 0.05) is 5.69 Å². The second kappa shape index (κ2) is 3.99. The van der Waals surface area contributed by atoms with Gasteiger partial charge in [-0.15, -0.1) is 0 Å². The monoisotopic (exact) mass is 206 g/mol. The van der Waals surface area contributed by atoms with Crippen molar-refractivity contribution in [3.05, 3.63) is 17.5 Å². The van der Waals surface area contributed by atoms with E-state index in [1.54, 1.807) is 0 Å². The first-order valence-corrected chi connectivity index (χ1v) is 6.22. The van der Waals surface area contributed by atoms with Crippen molar-refractivity contribution in [2.45, 2.75) is 64.8 Å². The zero-order valence-corrected chi connectivity index (χ0v) is 10.2. The first-order valence-electron chi connectivity index (χ1n) is 6.22. The SMILES string of the molecule is CCC(C)(C)n1nc2cc1CCCCC2. The quantitative estimate of drug-likeness (QED) is 0.726. The van der Waals surface area contributed by atoms with Gasteiger partial charge in [0.05, 0.1) is 11.2 Å². The molecule has 0 radical (unpaired) electrons. The van der Waals surface area contributed by atoms with E-state index in [2.05, 4.69) is 31.5 Å². The summed E-state index contributed by atoms with van der Waals surface area (Å²) in [7, 11) is 0. The molecular weight excluding hydrogens is 184 g/mol. The van der Waals surface area contributed by atoms with E-state index in [4.69, 9.17) is 5.10 Å². The lowest BCUT2D eigenvalue weighted by molar-refractivity contribution is 0.297. The fourth-order valence-corrected chi connectivity index (χ4v) is 2.24. The number of aromatic nitrogens is 2. The first-order chi connectivity index (χ1) is 7.13. The average Bonchev–Trinajstić information content (AvgIpc) is 2.60. The third-order valence-corrected chi connectivity index (χ3v) is 3.64. The minimum atomic E-state index is 0.178. The molecule has 2 nitrogen and oxygen atoms in total. The third kappa shape index (κ3) is 2.09. The molecular formula is C13H22N2. The fraction of sp³-hybridized carbons (Fsp3) is 0.769. The van der Waals surface area contributed by atoms with Gasteiger partial charge < -0.3 is 0 Å². The summed E-state index contributed by atoms with van der Waals surface area (Å²) in [6.07, 6.45) is 7.50. The Kier molecular flexibility index (Phi) is 2.85. The summed E-state index contributed by atoms with van der Waals surface area (Å²) in [6.45, 7) is 6.81. The lowest BCUT2D eigenvalue weighted by atomic mass is 10.0. The number of rotatable bonds is 2. The molecule has 0 saturated carbocycles. The lowest BCUT2D eigenvalue weighted by Gasteiger charge is -2.26. The molecule has 0 saturated heterocycles. The third-order valence-electron chi connectivity index (χ3n) is 3.64. The molecule has 0 aliphatic heterocycles. The highest BCUT2D eigenvalue weighted by molar-refractivity contribution is 5.14. The van der Waals surface area contributed by atoms with Crippen LogP contribution in [0.1, 0.15) is 57.8 Å². The molecule has 15 heavy (non-hydrogen) atoms. The zero-order valence-electron chi connectivity index (χ0n) is 10.2. The number of aryl methyl sites for hydroxylation is 2. The highest BCUT2D eigenvalue weighted by Gasteiger charge is 2.23. The smallest absolute Gasteiger partial charge is 0.0627 e. The zero-order chi connectivity index (χ0) is 10.9. The average molecular weight is 206 g/mol. The molecule has 1 aliphatic rings. The summed E-state index contributed by atoms with van der Waals surface area (Å²) in [6, 6.07) is 2.32. The Morgan fingerprint density at radius 1 is 1.27 bits per heavy atom. The molecule has 0 amide bonds. The largest absolute Gasteiger partial charge is 0.264 e. The Bertz CT molecular complexity index is 336. The number of hydrogen-bond acceptors (Lipinski definition) is 1. The summed E-state index contributed by atoms with van der Waals surface area (Å²) in [4.78, 5) is 0. The maximum Gasteiger partial charge on any atom is 0.0627 e. The fourth-order valence-electron chi connectivity index (χ4n) is 2.24. The van der Waals surface area contributed by atoms with E-state index < -0.39 is 0 Å². The Balaban J connectivity index is 2.36. The molecule has 1 heterocycles. The van der Waals surface area contributed by atoms with Gasteiger partial charge in [-0.25, -0.2) is 0 Å². The summed E-state index contributed by atoms with van der Waals surface area (Å²) in [5, 5.41) is 4.77. The van der Waals surface area contributed by atoms with Gasteiger partial charge in [0.1, 0.15) is 0 Å². The second-order valence-electron chi connectivity index (χ2n) is 5.27. The predicted molar refractivity (Wildman–Crippen MR) is 63.1 cm³/mol. The van der Waals surface area contributed by atoms with Gasteiger partial charge in [-0.3, -0.25) is 4.68 Å². The van der Waals surface area contributed by atoms with E-state index >= 15 is 0 Å². The lowest BCUT2D eigenvalue weighted by Crippen LogP contribution is -2.28. The van der Waals surface area contributed by atoms with Gasteiger partial charge in [-0.05, 0) is 52.0 Å². The summed E-state index contributed by atoms with van der Waals surface area (Å²) < 4.78 is 2.27. The van der Waals surface area contributed by atoms with Crippen LogP contribution in [-0.2, 0) is 18.4 Å². The number of fused-ring (bicyclic) bond motifs is 2. The molecule has 0 aromatic carbocycles. The minimum Gasteiger partial charge on any atom is -0.264 e. The molecule has 84 valence electrons. The Morgan fingerprint density at radius 3 is 2.73 bits per heavy atom. The highest BCUT2D eigenvalue weighted by atomic mass is 15.3. The van der Waals surface area contributed by atoms with Crippen LogP contribution in [0.3, 0.4) is 0 Å². The van der Waals surface area contributed by atoms with Gasteiger partial charge in [-0.1, -0.05) is 13.3 Å². The molecule has 2 rings (SSSR count). The number of nitrogens with zero attached hydrogens (tertiary/aromatic N) is 2. The molecule has 2 bridgehead atoms. The van der Waals surface area contributed by atoms with Gasteiger partial charge in [0.2, 0.25) is 0 Å². The summed E-state index contributed by atoms with van der Waals surface area (Å²) in [5.41, 5.74) is 2.92. The molecule has 0 spiro atoms. The molecule has 1 aromatic rings. The molecule has 2 heteroatoms. The van der Waals surface area contributed by atoms with Gasteiger partial charge >= 0.3 is 0 Å². The van der Waals surface area contributed by atoms with Crippen molar-refractivity contribution in [1.82, 2.24) is 9.78 Å². The van der Waals surface area contributed by atoms with Crippen LogP contribution in [0.5, 0.6) is 0 Å². The van der Waals surface area contributed by atoms with Crippen LogP contribution in [0.25, 0.3) is 0 Å². The first kappa shape index (κ1) is 10.7. The Labute approximate surface area is 92.7 Å². The second-order valence-corrected chi connectivity index (χ2v) is 5.27. The normalized spacial score (nSPS) is 17.3. The van der Waals surface area contributed by atoms with E-state index in [0.29, 0.717) is 0 Å². The summed E-state index contributed by atoms with van der Waals surface area (Å²) in [5.74, 6) is 0. The van der Waals surface area contributed by atoms with Crippen LogP contribution in [0.4, 0.5) is 0 Å². The van der Waals surface area contributed by atoms with Crippen molar-refractivity contribution in [2.24, 2.45) is 0 Å². The molecule has 1 aromatic heterocycles. The number of hydrogen-bond donors (Lipinski definition) is 0. The van der Waals surface area contributed by atoms with E-state index in [0.717, 1.165) is 6.42 Å². The van der Waals surface area contributed by atoms with Crippen molar-refractivity contribution in [3.8, 4) is 0 Å². The van der Waals surface area contributed by atoms with Crippen LogP contribution in [-0.4, -0.2) is 9.78 Å². The molecule has 0 fully saturated rings. The Hall–Kier alpha value is -0.790. The van der Waals surface area contributed by atoms with E-state index in [1.807, 2.05) is 0 Å². The topological polar surface area (TPSA) is 17.8 Å². The predicted octanol–water partition coefficient (Wildman–Crippen LogP) is 3.30. The highest BCUT2D eigenvalue weighted by Crippen LogP contribution is 2.25. The van der Waals surface area contributed by atoms with Crippen LogP contribution in [0.2, 0.25) is 0 Å². The van der Waals surface area contributed by atoms with Crippen LogP contribution < -0.4 is 0 Å². The van der Waals surface area contributed by atoms with Crippen molar-refractivity contribution in [3.63, 3.8) is 0 Å². The van der Waals surface area contributed by atoms with Gasteiger partial charge in [0.25, 0.3) is 0 Å². The van der Waals surface area contributed by atoms with Crippen LogP contribution in [0.15, 0.2) is 6.07 Å². The minimum absolute atomic E-state index is 0.178. The van der Waals surface area contributed by atoms with Crippen LogP contribution >= 0.6 is 0 Å². The van der Waals surface area contributed by atoms with E-state index in [-0.39, 0.29) is 5.54 Å². The van der Waals surface area contributed by atoms with Crippen molar-refractivity contribution in [1.29, 1.82) is 0 Å². The van der Waals surface area contributed by atoms with E-state index in [9.17, 15) is 0 Å². The van der Waals surface area contributed by atoms with E-state index in [1.165, 1.54) is 43.5 Å². The van der Waals surface area contributed by atoms with Crippen molar-refractivity contribution >= 4 is 0 Å². The van der Waals surface area contributed by atoms with Gasteiger partial charge in [0.15, 0.2) is 0 Å². The molecule has 1 aliphatic carbocycles. The van der Waals surface area contributed by atoms with Crippen LogP contribution in [0, 0.1) is 0 Å². The standard InChI is InChI=1S/C13H22N2/c1-4-13(2,3)15-12-9-7-5-6-8-11(10-12)14-15/h10H,4-9H2,1-3H3. The molecule has 0 atom stereocenters. The van der Waals surface area contributed by atoms with Crippen molar-refractivity contribution in [2.75, 3.05) is 0 Å². The molecule has 0 unspecified atom stereocenters. The summed E-state index contributed by atoms with van der Waals surface area (Å²) >= 11 is 0. The van der Waals surface area contributed by atoms with Gasteiger partial charge in [-0.2, -0.15) is 5.10 Å². The molecule has 0 N–H and O–H groups in total. The maximum atomic E-state index is 4.77. The Morgan fingerprint density at radius 2 is 2.00 bits per heavy atom.